The van der Waals surface area contributed by atoms with E-state index in [1.165, 1.54) is 0 Å². The molecule has 0 heterocycles. The Kier molecular flexibility index (Phi) is 4.76. The second-order valence-electron chi connectivity index (χ2n) is 4.53. The van der Waals surface area contributed by atoms with Gasteiger partial charge in [-0.1, -0.05) is 13.0 Å². The van der Waals surface area contributed by atoms with Crippen LogP contribution in [-0.2, 0) is 12.6 Å². The Morgan fingerprint density at radius 1 is 1.28 bits per heavy atom. The van der Waals surface area contributed by atoms with Crippen LogP contribution in [0.15, 0.2) is 18.2 Å². The van der Waals surface area contributed by atoms with Gasteiger partial charge in [0, 0.05) is 6.04 Å². The van der Waals surface area contributed by atoms with E-state index in [1.54, 1.807) is 13.0 Å². The third kappa shape index (κ3) is 3.99. The van der Waals surface area contributed by atoms with Gasteiger partial charge in [0.25, 0.3) is 0 Å². The van der Waals surface area contributed by atoms with Gasteiger partial charge in [0.2, 0.25) is 0 Å². The summed E-state index contributed by atoms with van der Waals surface area (Å²) in [6.07, 6.45) is -4.32. The first-order valence-electron chi connectivity index (χ1n) is 5.88. The van der Waals surface area contributed by atoms with Crippen LogP contribution in [0.3, 0.4) is 0 Å². The molecule has 5 heteroatoms. The van der Waals surface area contributed by atoms with Crippen LogP contribution in [0.1, 0.15) is 43.0 Å². The van der Waals surface area contributed by atoms with Crippen molar-refractivity contribution >= 4 is 0 Å². The molecule has 0 fully saturated rings. The van der Waals surface area contributed by atoms with Gasteiger partial charge in [-0.3, -0.25) is 0 Å². The Hall–Kier alpha value is -1.07. The first-order chi connectivity index (χ1) is 8.24. The number of nitrogens with two attached hydrogens (primary N) is 1. The van der Waals surface area contributed by atoms with Crippen LogP contribution < -0.4 is 5.73 Å². The Morgan fingerprint density at radius 2 is 1.89 bits per heavy atom. The zero-order chi connectivity index (χ0) is 13.9. The topological polar surface area (TPSA) is 46.2 Å². The highest BCUT2D eigenvalue weighted by Gasteiger charge is 2.31. The van der Waals surface area contributed by atoms with Crippen LogP contribution in [0.2, 0.25) is 0 Å². The number of aliphatic hydroxyl groups excluding tert-OH is 1. The standard InChI is InChI=1S/C13H18F3NO/c1-3-12(17)10-5-9(4-8(2)18)6-11(7-10)13(14,15)16/h5-8,12,18H,3-4,17H2,1-2H3. The Labute approximate surface area is 105 Å². The first-order valence-corrected chi connectivity index (χ1v) is 5.88. The van der Waals surface area contributed by atoms with Crippen LogP contribution in [0.4, 0.5) is 13.2 Å². The lowest BCUT2D eigenvalue weighted by molar-refractivity contribution is -0.137. The third-order valence-electron chi connectivity index (χ3n) is 2.74. The van der Waals surface area contributed by atoms with Gasteiger partial charge < -0.3 is 10.8 Å². The number of rotatable bonds is 4. The minimum atomic E-state index is -4.39. The van der Waals surface area contributed by atoms with Gasteiger partial charge in [0.05, 0.1) is 11.7 Å². The molecule has 0 saturated carbocycles. The van der Waals surface area contributed by atoms with E-state index in [4.69, 9.17) is 5.73 Å². The minimum absolute atomic E-state index is 0.188. The second-order valence-corrected chi connectivity index (χ2v) is 4.53. The fourth-order valence-electron chi connectivity index (χ4n) is 1.79. The molecule has 0 aliphatic heterocycles. The van der Waals surface area contributed by atoms with Crippen LogP contribution >= 0.6 is 0 Å². The summed E-state index contributed by atoms with van der Waals surface area (Å²) in [5.41, 5.74) is 5.99. The highest BCUT2D eigenvalue weighted by atomic mass is 19.4. The molecule has 0 spiro atoms. The van der Waals surface area contributed by atoms with Gasteiger partial charge in [0.1, 0.15) is 0 Å². The lowest BCUT2D eigenvalue weighted by Gasteiger charge is -2.16. The molecule has 0 saturated heterocycles. The largest absolute Gasteiger partial charge is 0.416 e. The lowest BCUT2D eigenvalue weighted by Crippen LogP contribution is -2.14. The molecule has 2 unspecified atom stereocenters. The molecule has 1 aromatic carbocycles. The zero-order valence-electron chi connectivity index (χ0n) is 10.5. The van der Waals surface area contributed by atoms with Gasteiger partial charge in [-0.25, -0.2) is 0 Å². The van der Waals surface area contributed by atoms with Crippen molar-refractivity contribution in [2.75, 3.05) is 0 Å². The number of alkyl halides is 3. The van der Waals surface area contributed by atoms with E-state index in [0.717, 1.165) is 12.1 Å². The minimum Gasteiger partial charge on any atom is -0.393 e. The van der Waals surface area contributed by atoms with Crippen LogP contribution in [-0.4, -0.2) is 11.2 Å². The maximum absolute atomic E-state index is 12.7. The van der Waals surface area contributed by atoms with Crippen molar-refractivity contribution in [3.63, 3.8) is 0 Å². The average molecular weight is 261 g/mol. The second kappa shape index (κ2) is 5.71. The molecule has 1 rings (SSSR count). The third-order valence-corrected chi connectivity index (χ3v) is 2.74. The van der Waals surface area contributed by atoms with E-state index in [2.05, 4.69) is 0 Å². The summed E-state index contributed by atoms with van der Waals surface area (Å²) in [6, 6.07) is 3.37. The lowest BCUT2D eigenvalue weighted by atomic mass is 9.96. The summed E-state index contributed by atoms with van der Waals surface area (Å²) in [7, 11) is 0. The van der Waals surface area contributed by atoms with Gasteiger partial charge in [-0.15, -0.1) is 0 Å². The predicted molar refractivity (Wildman–Crippen MR) is 64.0 cm³/mol. The summed E-state index contributed by atoms with van der Waals surface area (Å²) in [5, 5.41) is 9.27. The zero-order valence-corrected chi connectivity index (χ0v) is 10.5. The van der Waals surface area contributed by atoms with Crippen LogP contribution in [0, 0.1) is 0 Å². The maximum atomic E-state index is 12.7. The van der Waals surface area contributed by atoms with Crippen molar-refractivity contribution in [1.29, 1.82) is 0 Å². The quantitative estimate of drug-likeness (QED) is 0.875. The maximum Gasteiger partial charge on any atom is 0.416 e. The van der Waals surface area contributed by atoms with E-state index < -0.39 is 23.9 Å². The molecule has 0 radical (unpaired) electrons. The Bertz CT molecular complexity index is 402. The van der Waals surface area contributed by atoms with Crippen molar-refractivity contribution < 1.29 is 18.3 Å². The fourth-order valence-corrected chi connectivity index (χ4v) is 1.79. The Morgan fingerprint density at radius 3 is 2.33 bits per heavy atom. The molecule has 0 bridgehead atoms. The molecule has 1 aromatic rings. The number of hydrogen-bond acceptors (Lipinski definition) is 2. The molecule has 0 aromatic heterocycles. The van der Waals surface area contributed by atoms with Crippen molar-refractivity contribution in [3.05, 3.63) is 34.9 Å². The normalized spacial score (nSPS) is 15.5. The SMILES string of the molecule is CCC(N)c1cc(CC(C)O)cc(C(F)(F)F)c1. The van der Waals surface area contributed by atoms with E-state index in [-0.39, 0.29) is 6.42 Å². The highest BCUT2D eigenvalue weighted by molar-refractivity contribution is 5.34. The summed E-state index contributed by atoms with van der Waals surface area (Å²) < 4.78 is 38.2. The molecular weight excluding hydrogens is 243 g/mol. The Balaban J connectivity index is 3.20. The van der Waals surface area contributed by atoms with Crippen LogP contribution in [0.5, 0.6) is 0 Å². The molecule has 2 atom stereocenters. The number of halogens is 3. The smallest absolute Gasteiger partial charge is 0.393 e. The van der Waals surface area contributed by atoms with Gasteiger partial charge in [-0.2, -0.15) is 13.2 Å². The molecule has 0 aliphatic rings. The van der Waals surface area contributed by atoms with E-state index in [9.17, 15) is 18.3 Å². The van der Waals surface area contributed by atoms with Crippen molar-refractivity contribution in [3.8, 4) is 0 Å². The van der Waals surface area contributed by atoms with Gasteiger partial charge in [0.15, 0.2) is 0 Å². The molecule has 0 aliphatic carbocycles. The fraction of sp³-hybridized carbons (Fsp3) is 0.538. The summed E-state index contributed by atoms with van der Waals surface area (Å²) in [6.45, 7) is 3.36. The van der Waals surface area contributed by atoms with Crippen molar-refractivity contribution in [1.82, 2.24) is 0 Å². The molecule has 102 valence electrons. The van der Waals surface area contributed by atoms with E-state index in [0.29, 0.717) is 17.5 Å². The number of benzene rings is 1. The molecule has 2 nitrogen and oxygen atoms in total. The molecule has 3 N–H and O–H groups in total. The van der Waals surface area contributed by atoms with Crippen molar-refractivity contribution in [2.45, 2.75) is 45.0 Å². The van der Waals surface area contributed by atoms with E-state index >= 15 is 0 Å². The molecule has 18 heavy (non-hydrogen) atoms. The van der Waals surface area contributed by atoms with Crippen LogP contribution in [0.25, 0.3) is 0 Å². The van der Waals surface area contributed by atoms with E-state index in [1.807, 2.05) is 6.92 Å². The summed E-state index contributed by atoms with van der Waals surface area (Å²) in [5.74, 6) is 0. The summed E-state index contributed by atoms with van der Waals surface area (Å²) in [4.78, 5) is 0. The predicted octanol–water partition coefficient (Wildman–Crippen LogP) is 3.04. The van der Waals surface area contributed by atoms with Gasteiger partial charge in [-0.05, 0) is 43.0 Å². The summed E-state index contributed by atoms with van der Waals surface area (Å²) >= 11 is 0. The molecular formula is C13H18F3NO. The van der Waals surface area contributed by atoms with Gasteiger partial charge >= 0.3 is 6.18 Å². The number of aliphatic hydroxyl groups is 1. The first kappa shape index (κ1) is 15.0. The number of hydrogen-bond donors (Lipinski definition) is 2. The molecule has 0 amide bonds. The monoisotopic (exact) mass is 261 g/mol. The highest BCUT2D eigenvalue weighted by Crippen LogP contribution is 2.32. The van der Waals surface area contributed by atoms with Crippen molar-refractivity contribution in [2.24, 2.45) is 5.73 Å². The average Bonchev–Trinajstić information content (AvgIpc) is 2.25.